The molecule has 0 bridgehead atoms. The van der Waals surface area contributed by atoms with Gasteiger partial charge < -0.3 is 21.3 Å². The Kier molecular flexibility index (Phi) is 11.5. The summed E-state index contributed by atoms with van der Waals surface area (Å²) in [5, 5.41) is 12.5. The number of amides is 2. The highest BCUT2D eigenvalue weighted by Gasteiger charge is 2.24. The van der Waals surface area contributed by atoms with Gasteiger partial charge in [0.05, 0.1) is 0 Å². The van der Waals surface area contributed by atoms with Gasteiger partial charge in [-0.2, -0.15) is 0 Å². The summed E-state index contributed by atoms with van der Waals surface area (Å²) in [7, 11) is 1.80. The van der Waals surface area contributed by atoms with E-state index in [1.807, 2.05) is 38.1 Å². The first-order chi connectivity index (χ1) is 15.5. The molecule has 1 heterocycles. The van der Waals surface area contributed by atoms with Gasteiger partial charge in [-0.25, -0.2) is 4.79 Å². The predicted molar refractivity (Wildman–Crippen MR) is 147 cm³/mol. The summed E-state index contributed by atoms with van der Waals surface area (Å²) in [6.45, 7) is 7.54. The first kappa shape index (κ1) is 26.9. The summed E-state index contributed by atoms with van der Waals surface area (Å²) in [6.07, 6.45) is 2.44. The van der Waals surface area contributed by atoms with Crippen LogP contribution in [0.25, 0.3) is 0 Å². The molecular formula is C25H37IN6O. The lowest BCUT2D eigenvalue weighted by Crippen LogP contribution is -2.44. The topological polar surface area (TPSA) is 80.8 Å². The molecule has 2 aromatic rings. The molecule has 1 fully saturated rings. The van der Waals surface area contributed by atoms with Crippen molar-refractivity contribution in [3.8, 4) is 0 Å². The van der Waals surface area contributed by atoms with Crippen molar-refractivity contribution in [1.82, 2.24) is 20.9 Å². The van der Waals surface area contributed by atoms with E-state index in [2.05, 4.69) is 61.5 Å². The predicted octanol–water partition coefficient (Wildman–Crippen LogP) is 4.16. The number of aliphatic imine (C=N–C) groups is 1. The van der Waals surface area contributed by atoms with Crippen molar-refractivity contribution >= 4 is 41.7 Å². The van der Waals surface area contributed by atoms with Crippen LogP contribution >= 0.6 is 24.0 Å². The minimum absolute atomic E-state index is 0. The number of anilines is 1. The van der Waals surface area contributed by atoms with Gasteiger partial charge in [0.2, 0.25) is 0 Å². The van der Waals surface area contributed by atoms with Crippen LogP contribution in [-0.2, 0) is 13.1 Å². The number of halogens is 1. The van der Waals surface area contributed by atoms with Crippen molar-refractivity contribution in [1.29, 1.82) is 0 Å². The molecule has 1 aliphatic rings. The Morgan fingerprint density at radius 2 is 1.79 bits per heavy atom. The molecule has 0 aliphatic carbocycles. The number of hydrogen-bond acceptors (Lipinski definition) is 3. The fourth-order valence-electron chi connectivity index (χ4n) is 3.91. The third kappa shape index (κ3) is 9.21. The van der Waals surface area contributed by atoms with E-state index >= 15 is 0 Å². The number of carbonyl (C=O) groups excluding carboxylic acids is 1. The van der Waals surface area contributed by atoms with Crippen molar-refractivity contribution in [3.63, 3.8) is 0 Å². The van der Waals surface area contributed by atoms with Crippen molar-refractivity contribution in [2.24, 2.45) is 4.99 Å². The summed E-state index contributed by atoms with van der Waals surface area (Å²) in [5.41, 5.74) is 3.25. The Bertz CT molecular complexity index is 872. The van der Waals surface area contributed by atoms with Crippen LogP contribution in [0.4, 0.5) is 10.5 Å². The lowest BCUT2D eigenvalue weighted by Gasteiger charge is -2.25. The number of rotatable bonds is 8. The quantitative estimate of drug-likeness (QED) is 0.221. The molecule has 180 valence electrons. The zero-order valence-electron chi connectivity index (χ0n) is 19.8. The van der Waals surface area contributed by atoms with Gasteiger partial charge in [0.1, 0.15) is 0 Å². The second-order valence-corrected chi connectivity index (χ2v) is 8.51. The zero-order valence-corrected chi connectivity index (χ0v) is 22.1. The van der Waals surface area contributed by atoms with E-state index in [1.165, 1.54) is 18.4 Å². The lowest BCUT2D eigenvalue weighted by molar-refractivity contribution is 0.245. The SMILES string of the molecule is CN=C(NCc1ccc(NC(=O)NC(C)C)cc1)NCC1CCCN1Cc1ccccc1.I. The van der Waals surface area contributed by atoms with E-state index in [0.29, 0.717) is 12.6 Å². The molecule has 2 aromatic carbocycles. The Hall–Kier alpha value is -2.33. The van der Waals surface area contributed by atoms with E-state index in [1.54, 1.807) is 7.05 Å². The van der Waals surface area contributed by atoms with Crippen molar-refractivity contribution < 1.29 is 4.79 Å². The molecular weight excluding hydrogens is 527 g/mol. The van der Waals surface area contributed by atoms with Gasteiger partial charge in [-0.15, -0.1) is 24.0 Å². The van der Waals surface area contributed by atoms with E-state index in [0.717, 1.165) is 36.8 Å². The van der Waals surface area contributed by atoms with Crippen molar-refractivity contribution in [2.75, 3.05) is 25.5 Å². The minimum atomic E-state index is -0.191. The molecule has 2 amide bonds. The molecule has 0 saturated carbocycles. The normalized spacial score (nSPS) is 16.2. The Morgan fingerprint density at radius 3 is 2.45 bits per heavy atom. The fraction of sp³-hybridized carbons (Fsp3) is 0.440. The summed E-state index contributed by atoms with van der Waals surface area (Å²) in [5.74, 6) is 0.801. The fourth-order valence-corrected chi connectivity index (χ4v) is 3.91. The Morgan fingerprint density at radius 1 is 1.06 bits per heavy atom. The maximum absolute atomic E-state index is 11.8. The van der Waals surface area contributed by atoms with Crippen LogP contribution in [-0.4, -0.2) is 49.1 Å². The third-order valence-corrected chi connectivity index (χ3v) is 5.55. The number of hydrogen-bond donors (Lipinski definition) is 4. The molecule has 1 unspecified atom stereocenters. The third-order valence-electron chi connectivity index (χ3n) is 5.55. The highest BCUT2D eigenvalue weighted by Crippen LogP contribution is 2.19. The second kappa shape index (κ2) is 14.0. The van der Waals surface area contributed by atoms with Gasteiger partial charge in [0.15, 0.2) is 5.96 Å². The number of nitrogens with one attached hydrogen (secondary N) is 4. The minimum Gasteiger partial charge on any atom is -0.355 e. The number of likely N-dealkylation sites (tertiary alicyclic amines) is 1. The van der Waals surface area contributed by atoms with E-state index in [-0.39, 0.29) is 36.0 Å². The smallest absolute Gasteiger partial charge is 0.319 e. The number of nitrogens with zero attached hydrogens (tertiary/aromatic N) is 2. The number of benzene rings is 2. The zero-order chi connectivity index (χ0) is 22.8. The summed E-state index contributed by atoms with van der Waals surface area (Å²) in [6, 6.07) is 18.9. The maximum Gasteiger partial charge on any atom is 0.319 e. The Labute approximate surface area is 214 Å². The molecule has 1 saturated heterocycles. The van der Waals surface area contributed by atoms with Crippen LogP contribution in [0.15, 0.2) is 59.6 Å². The molecule has 0 aromatic heterocycles. The van der Waals surface area contributed by atoms with Crippen LogP contribution in [0, 0.1) is 0 Å². The van der Waals surface area contributed by atoms with E-state index < -0.39 is 0 Å². The second-order valence-electron chi connectivity index (χ2n) is 8.51. The summed E-state index contributed by atoms with van der Waals surface area (Å²) in [4.78, 5) is 18.7. The largest absolute Gasteiger partial charge is 0.355 e. The van der Waals surface area contributed by atoms with Crippen LogP contribution in [0.3, 0.4) is 0 Å². The van der Waals surface area contributed by atoms with Crippen molar-refractivity contribution in [3.05, 3.63) is 65.7 Å². The molecule has 3 rings (SSSR count). The lowest BCUT2D eigenvalue weighted by atomic mass is 10.2. The molecule has 33 heavy (non-hydrogen) atoms. The van der Waals surface area contributed by atoms with Crippen LogP contribution < -0.4 is 21.3 Å². The molecule has 0 radical (unpaired) electrons. The molecule has 0 spiro atoms. The highest BCUT2D eigenvalue weighted by molar-refractivity contribution is 14.0. The maximum atomic E-state index is 11.8. The highest BCUT2D eigenvalue weighted by atomic mass is 127. The average Bonchev–Trinajstić information content (AvgIpc) is 3.22. The summed E-state index contributed by atoms with van der Waals surface area (Å²) < 4.78 is 0. The number of urea groups is 1. The van der Waals surface area contributed by atoms with Gasteiger partial charge in [-0.3, -0.25) is 9.89 Å². The molecule has 7 nitrogen and oxygen atoms in total. The molecule has 1 atom stereocenters. The van der Waals surface area contributed by atoms with Crippen LogP contribution in [0.5, 0.6) is 0 Å². The average molecular weight is 565 g/mol. The first-order valence-electron chi connectivity index (χ1n) is 11.4. The number of guanidine groups is 1. The van der Waals surface area contributed by atoms with Gasteiger partial charge in [-0.05, 0) is 56.5 Å². The van der Waals surface area contributed by atoms with E-state index in [4.69, 9.17) is 0 Å². The van der Waals surface area contributed by atoms with Gasteiger partial charge in [0.25, 0.3) is 0 Å². The molecule has 1 aliphatic heterocycles. The summed E-state index contributed by atoms with van der Waals surface area (Å²) >= 11 is 0. The molecule has 8 heteroatoms. The van der Waals surface area contributed by atoms with Crippen LogP contribution in [0.2, 0.25) is 0 Å². The van der Waals surface area contributed by atoms with E-state index in [9.17, 15) is 4.79 Å². The number of carbonyl (C=O) groups is 1. The standard InChI is InChI=1S/C25H36N6O.HI/c1-19(2)29-25(32)30-22-13-11-20(12-14-22)16-27-24(26-3)28-17-23-10-7-15-31(23)18-21-8-5-4-6-9-21;/h4-6,8-9,11-14,19,23H,7,10,15-18H2,1-3H3,(H2,26,27,28)(H2,29,30,32);1H. The van der Waals surface area contributed by atoms with Gasteiger partial charge in [0, 0.05) is 44.5 Å². The Balaban J connectivity index is 0.00000385. The first-order valence-corrected chi connectivity index (χ1v) is 11.4. The van der Waals surface area contributed by atoms with Gasteiger partial charge >= 0.3 is 6.03 Å². The molecule has 4 N–H and O–H groups in total. The van der Waals surface area contributed by atoms with Crippen LogP contribution in [0.1, 0.15) is 37.8 Å². The van der Waals surface area contributed by atoms with Crippen molar-refractivity contribution in [2.45, 2.75) is 51.9 Å². The monoisotopic (exact) mass is 564 g/mol. The van der Waals surface area contributed by atoms with Gasteiger partial charge in [-0.1, -0.05) is 42.5 Å².